The lowest BCUT2D eigenvalue weighted by Gasteiger charge is -2.20. The number of aliphatic hydroxyl groups excluding tert-OH is 1. The smallest absolute Gasteiger partial charge is 0.383 e. The van der Waals surface area contributed by atoms with Gasteiger partial charge in [-0.1, -0.05) is 18.5 Å². The Hall–Kier alpha value is -1.07. The number of ketones is 1. The van der Waals surface area contributed by atoms with E-state index in [1.807, 2.05) is 0 Å². The lowest BCUT2D eigenvalue weighted by Crippen LogP contribution is -2.38. The van der Waals surface area contributed by atoms with Gasteiger partial charge in [0.15, 0.2) is 11.9 Å². The summed E-state index contributed by atoms with van der Waals surface area (Å²) in [5.74, 6) is -2.32. The van der Waals surface area contributed by atoms with E-state index >= 15 is 0 Å². The van der Waals surface area contributed by atoms with Crippen LogP contribution in [0.5, 0.6) is 0 Å². The molecule has 2 nitrogen and oxygen atoms in total. The van der Waals surface area contributed by atoms with Crippen molar-refractivity contribution in [3.05, 3.63) is 34.9 Å². The molecule has 1 N–H and O–H groups in total. The second kappa shape index (κ2) is 5.06. The fourth-order valence-corrected chi connectivity index (χ4v) is 1.43. The molecule has 0 bridgehead atoms. The monoisotopic (exact) mass is 266 g/mol. The minimum absolute atomic E-state index is 0.0881. The Morgan fingerprint density at radius 1 is 1.29 bits per heavy atom. The summed E-state index contributed by atoms with van der Waals surface area (Å²) in [7, 11) is 0. The summed E-state index contributed by atoms with van der Waals surface area (Å²) < 4.78 is 36.6. The third-order valence-electron chi connectivity index (χ3n) is 2.35. The van der Waals surface area contributed by atoms with E-state index in [9.17, 15) is 18.0 Å². The molecular formula is C11H10ClF3O2. The molecule has 2 atom stereocenters. The maximum absolute atomic E-state index is 12.2. The van der Waals surface area contributed by atoms with Crippen LogP contribution in [0.3, 0.4) is 0 Å². The molecular weight excluding hydrogens is 257 g/mol. The maximum atomic E-state index is 12.2. The summed E-state index contributed by atoms with van der Waals surface area (Å²) in [6.45, 7) is 1.04. The molecule has 0 heterocycles. The summed E-state index contributed by atoms with van der Waals surface area (Å²) in [5.41, 5.74) is 0.0881. The highest BCUT2D eigenvalue weighted by molar-refractivity contribution is 6.30. The first-order valence-electron chi connectivity index (χ1n) is 4.78. The number of alkyl halides is 3. The normalized spacial score (nSPS) is 15.4. The van der Waals surface area contributed by atoms with E-state index in [0.29, 0.717) is 5.02 Å². The Balaban J connectivity index is 2.87. The molecule has 1 rings (SSSR count). The highest BCUT2D eigenvalue weighted by Gasteiger charge is 2.44. The lowest BCUT2D eigenvalue weighted by molar-refractivity contribution is -0.212. The number of rotatable bonds is 3. The van der Waals surface area contributed by atoms with Crippen LogP contribution in [0, 0.1) is 5.92 Å². The van der Waals surface area contributed by atoms with Gasteiger partial charge in [0.1, 0.15) is 0 Å². The van der Waals surface area contributed by atoms with Crippen molar-refractivity contribution in [1.82, 2.24) is 0 Å². The average molecular weight is 267 g/mol. The van der Waals surface area contributed by atoms with Crippen molar-refractivity contribution in [3.8, 4) is 0 Å². The largest absolute Gasteiger partial charge is 0.415 e. The molecule has 0 aliphatic carbocycles. The molecule has 1 aromatic rings. The molecule has 6 heteroatoms. The second-order valence-electron chi connectivity index (χ2n) is 3.65. The Kier molecular flexibility index (Phi) is 4.16. The van der Waals surface area contributed by atoms with Gasteiger partial charge in [0, 0.05) is 10.6 Å². The first-order chi connectivity index (χ1) is 7.73. The SMILES string of the molecule is C[C@@H](C(=O)c1ccc(Cl)cc1)[C@H](O)C(F)(F)F. The standard InChI is InChI=1S/C11H10ClF3O2/c1-6(10(17)11(13,14)15)9(16)7-2-4-8(12)5-3-7/h2-6,10,17H,1H3/t6-,10-/m0/s1. The quantitative estimate of drug-likeness (QED) is 0.854. The number of carbonyl (C=O) groups is 1. The van der Waals surface area contributed by atoms with E-state index in [1.165, 1.54) is 24.3 Å². The lowest BCUT2D eigenvalue weighted by atomic mass is 9.94. The number of Topliss-reactive ketones (excluding diaryl/α,β-unsaturated/α-hetero) is 1. The number of hydrogen-bond acceptors (Lipinski definition) is 2. The molecule has 0 fully saturated rings. The van der Waals surface area contributed by atoms with Gasteiger partial charge in [0.05, 0.1) is 5.92 Å². The molecule has 0 radical (unpaired) electrons. The molecule has 0 aromatic heterocycles. The van der Waals surface area contributed by atoms with Gasteiger partial charge in [-0.2, -0.15) is 13.2 Å². The number of hydrogen-bond donors (Lipinski definition) is 1. The van der Waals surface area contributed by atoms with Crippen molar-refractivity contribution in [2.75, 3.05) is 0 Å². The van der Waals surface area contributed by atoms with Crippen LogP contribution in [0.15, 0.2) is 24.3 Å². The van der Waals surface area contributed by atoms with Gasteiger partial charge in [0.2, 0.25) is 0 Å². The van der Waals surface area contributed by atoms with E-state index in [2.05, 4.69) is 0 Å². The fourth-order valence-electron chi connectivity index (χ4n) is 1.30. The van der Waals surface area contributed by atoms with Crippen LogP contribution in [0.2, 0.25) is 5.02 Å². The zero-order chi connectivity index (χ0) is 13.2. The number of benzene rings is 1. The summed E-state index contributed by atoms with van der Waals surface area (Å²) in [5, 5.41) is 9.35. The van der Waals surface area contributed by atoms with Crippen LogP contribution in [-0.4, -0.2) is 23.2 Å². The van der Waals surface area contributed by atoms with E-state index in [1.54, 1.807) is 0 Å². The Morgan fingerprint density at radius 2 is 1.76 bits per heavy atom. The number of aliphatic hydroxyl groups is 1. The van der Waals surface area contributed by atoms with Gasteiger partial charge in [0.25, 0.3) is 0 Å². The highest BCUT2D eigenvalue weighted by Crippen LogP contribution is 2.27. The van der Waals surface area contributed by atoms with Gasteiger partial charge < -0.3 is 5.11 Å². The minimum atomic E-state index is -4.80. The second-order valence-corrected chi connectivity index (χ2v) is 4.08. The van der Waals surface area contributed by atoms with E-state index in [4.69, 9.17) is 16.7 Å². The van der Waals surface area contributed by atoms with Gasteiger partial charge in [-0.25, -0.2) is 0 Å². The molecule has 0 unspecified atom stereocenters. The number of carbonyl (C=O) groups excluding carboxylic acids is 1. The third-order valence-corrected chi connectivity index (χ3v) is 2.60. The van der Waals surface area contributed by atoms with Crippen molar-refractivity contribution in [2.24, 2.45) is 5.92 Å². The Bertz CT molecular complexity index is 400. The van der Waals surface area contributed by atoms with Crippen molar-refractivity contribution in [1.29, 1.82) is 0 Å². The maximum Gasteiger partial charge on any atom is 0.415 e. The molecule has 0 aliphatic heterocycles. The Labute approximate surface area is 101 Å². The van der Waals surface area contributed by atoms with Crippen molar-refractivity contribution in [3.63, 3.8) is 0 Å². The van der Waals surface area contributed by atoms with Crippen LogP contribution in [0.1, 0.15) is 17.3 Å². The van der Waals surface area contributed by atoms with E-state index in [-0.39, 0.29) is 5.56 Å². The van der Waals surface area contributed by atoms with E-state index in [0.717, 1.165) is 6.92 Å². The van der Waals surface area contributed by atoms with Crippen LogP contribution in [-0.2, 0) is 0 Å². The predicted octanol–water partition coefficient (Wildman–Crippen LogP) is 3.08. The topological polar surface area (TPSA) is 37.3 Å². The van der Waals surface area contributed by atoms with Crippen molar-refractivity contribution in [2.45, 2.75) is 19.2 Å². The van der Waals surface area contributed by atoms with Crippen LogP contribution in [0.4, 0.5) is 13.2 Å². The zero-order valence-electron chi connectivity index (χ0n) is 8.83. The fraction of sp³-hybridized carbons (Fsp3) is 0.364. The average Bonchev–Trinajstić information content (AvgIpc) is 2.26. The molecule has 0 saturated carbocycles. The highest BCUT2D eigenvalue weighted by atomic mass is 35.5. The third kappa shape index (κ3) is 3.44. The van der Waals surface area contributed by atoms with Gasteiger partial charge in [-0.15, -0.1) is 0 Å². The molecule has 1 aromatic carbocycles. The van der Waals surface area contributed by atoms with Crippen LogP contribution < -0.4 is 0 Å². The van der Waals surface area contributed by atoms with Gasteiger partial charge >= 0.3 is 6.18 Å². The van der Waals surface area contributed by atoms with Crippen molar-refractivity contribution >= 4 is 17.4 Å². The van der Waals surface area contributed by atoms with Crippen LogP contribution in [0.25, 0.3) is 0 Å². The van der Waals surface area contributed by atoms with Gasteiger partial charge in [-0.3, -0.25) is 4.79 Å². The molecule has 94 valence electrons. The van der Waals surface area contributed by atoms with Gasteiger partial charge in [-0.05, 0) is 24.3 Å². The van der Waals surface area contributed by atoms with Crippen LogP contribution >= 0.6 is 11.6 Å². The minimum Gasteiger partial charge on any atom is -0.383 e. The molecule has 17 heavy (non-hydrogen) atoms. The van der Waals surface area contributed by atoms with E-state index < -0.39 is 24.0 Å². The summed E-state index contributed by atoms with van der Waals surface area (Å²) >= 11 is 5.59. The Morgan fingerprint density at radius 3 is 2.18 bits per heavy atom. The molecule has 0 aliphatic rings. The predicted molar refractivity (Wildman–Crippen MR) is 57.0 cm³/mol. The first-order valence-corrected chi connectivity index (χ1v) is 5.16. The molecule has 0 amide bonds. The van der Waals surface area contributed by atoms with Crippen molar-refractivity contribution < 1.29 is 23.1 Å². The summed E-state index contributed by atoms with van der Waals surface area (Å²) in [6, 6.07) is 5.46. The molecule has 0 spiro atoms. The summed E-state index contributed by atoms with van der Waals surface area (Å²) in [4.78, 5) is 11.6. The summed E-state index contributed by atoms with van der Waals surface area (Å²) in [6.07, 6.45) is -7.47. The number of halogens is 4. The molecule has 0 saturated heterocycles. The zero-order valence-corrected chi connectivity index (χ0v) is 9.59. The first kappa shape index (κ1) is 14.0.